The number of non-ortho nitro benzene ring substituents is 1. The smallest absolute Gasteiger partial charge is 0.270 e. The number of hydrogen-bond donors (Lipinski definition) is 1. The van der Waals surface area contributed by atoms with Gasteiger partial charge in [-0.3, -0.25) is 10.1 Å². The van der Waals surface area contributed by atoms with Gasteiger partial charge in [0.05, 0.1) is 11.1 Å². The van der Waals surface area contributed by atoms with E-state index in [1.54, 1.807) is 24.3 Å². The molecule has 3 aromatic rings. The van der Waals surface area contributed by atoms with Crippen molar-refractivity contribution >= 4 is 17.9 Å². The molecule has 126 valence electrons. The Hall–Kier alpha value is -3.55. The monoisotopic (exact) mass is 337 g/mol. The summed E-state index contributed by atoms with van der Waals surface area (Å²) >= 11 is 0. The molecule has 8 heteroatoms. The van der Waals surface area contributed by atoms with Gasteiger partial charge in [0, 0.05) is 29.1 Å². The van der Waals surface area contributed by atoms with Crippen LogP contribution in [0.2, 0.25) is 0 Å². The number of nitrogens with one attached hydrogen (secondary N) is 1. The van der Waals surface area contributed by atoms with E-state index in [2.05, 4.69) is 20.5 Å². The van der Waals surface area contributed by atoms with E-state index in [-0.39, 0.29) is 5.69 Å². The van der Waals surface area contributed by atoms with Crippen LogP contribution in [0.25, 0.3) is 11.3 Å². The van der Waals surface area contributed by atoms with Crippen molar-refractivity contribution in [3.8, 4) is 11.3 Å². The molecular weight excluding hydrogens is 322 g/mol. The van der Waals surface area contributed by atoms with Gasteiger partial charge in [0.1, 0.15) is 11.5 Å². The molecule has 0 aliphatic heterocycles. The second-order valence-corrected chi connectivity index (χ2v) is 5.35. The standard InChI is InChI=1S/C17H15N5O3/c1-11-8-12(2)20-17(19-11)21-18-10-15-6-7-16(25-15)13-4-3-5-14(9-13)22(23)24/h3-10H,1-2H3,(H,19,20,21)/b18-10-. The van der Waals surface area contributed by atoms with Crippen molar-refractivity contribution in [1.82, 2.24) is 9.97 Å². The molecule has 0 atom stereocenters. The summed E-state index contributed by atoms with van der Waals surface area (Å²) in [5, 5.41) is 14.9. The number of hydrazone groups is 1. The molecule has 0 aliphatic carbocycles. The normalized spacial score (nSPS) is 11.0. The Morgan fingerprint density at radius 3 is 2.64 bits per heavy atom. The van der Waals surface area contributed by atoms with Crippen LogP contribution in [0.15, 0.2) is 52.0 Å². The molecule has 8 nitrogen and oxygen atoms in total. The Balaban J connectivity index is 1.73. The van der Waals surface area contributed by atoms with Gasteiger partial charge in [-0.15, -0.1) is 0 Å². The first-order valence-corrected chi connectivity index (χ1v) is 7.47. The van der Waals surface area contributed by atoms with Crippen LogP contribution in [0.1, 0.15) is 17.1 Å². The topological polar surface area (TPSA) is 106 Å². The van der Waals surface area contributed by atoms with E-state index in [0.29, 0.717) is 23.0 Å². The molecule has 0 aliphatic rings. The Bertz CT molecular complexity index is 929. The molecule has 0 saturated heterocycles. The van der Waals surface area contributed by atoms with E-state index in [4.69, 9.17) is 4.42 Å². The van der Waals surface area contributed by atoms with Gasteiger partial charge < -0.3 is 4.42 Å². The number of nitrogens with zero attached hydrogens (tertiary/aromatic N) is 4. The lowest BCUT2D eigenvalue weighted by Crippen LogP contribution is -1.99. The highest BCUT2D eigenvalue weighted by Gasteiger charge is 2.09. The van der Waals surface area contributed by atoms with Crippen molar-refractivity contribution in [3.63, 3.8) is 0 Å². The van der Waals surface area contributed by atoms with Gasteiger partial charge in [-0.05, 0) is 32.0 Å². The average molecular weight is 337 g/mol. The second-order valence-electron chi connectivity index (χ2n) is 5.35. The maximum Gasteiger partial charge on any atom is 0.270 e. The first-order chi connectivity index (χ1) is 12.0. The van der Waals surface area contributed by atoms with Gasteiger partial charge in [-0.1, -0.05) is 12.1 Å². The van der Waals surface area contributed by atoms with Crippen molar-refractivity contribution in [2.75, 3.05) is 5.43 Å². The molecule has 2 aromatic heterocycles. The van der Waals surface area contributed by atoms with Crippen LogP contribution < -0.4 is 5.43 Å². The number of nitro groups is 1. The minimum Gasteiger partial charge on any atom is -0.455 e. The van der Waals surface area contributed by atoms with Gasteiger partial charge >= 0.3 is 0 Å². The minimum absolute atomic E-state index is 0.0118. The number of rotatable bonds is 5. The number of nitro benzene ring substituents is 1. The first-order valence-electron chi connectivity index (χ1n) is 7.47. The molecule has 25 heavy (non-hydrogen) atoms. The fraction of sp³-hybridized carbons (Fsp3) is 0.118. The van der Waals surface area contributed by atoms with Crippen molar-refractivity contribution < 1.29 is 9.34 Å². The third kappa shape index (κ3) is 4.05. The number of benzene rings is 1. The SMILES string of the molecule is Cc1cc(C)nc(N/N=C\c2ccc(-c3cccc([N+](=O)[O-])c3)o2)n1. The Labute approximate surface area is 143 Å². The summed E-state index contributed by atoms with van der Waals surface area (Å²) in [7, 11) is 0. The quantitative estimate of drug-likeness (QED) is 0.432. The number of aryl methyl sites for hydroxylation is 2. The highest BCUT2D eigenvalue weighted by atomic mass is 16.6. The molecule has 1 N–H and O–H groups in total. The molecule has 3 rings (SSSR count). The molecule has 0 saturated carbocycles. The van der Waals surface area contributed by atoms with Crippen molar-refractivity contribution in [1.29, 1.82) is 0 Å². The largest absolute Gasteiger partial charge is 0.455 e. The second kappa shape index (κ2) is 6.91. The minimum atomic E-state index is -0.442. The van der Waals surface area contributed by atoms with E-state index >= 15 is 0 Å². The van der Waals surface area contributed by atoms with Crippen molar-refractivity contribution in [3.05, 3.63) is 69.7 Å². The lowest BCUT2D eigenvalue weighted by molar-refractivity contribution is -0.384. The van der Waals surface area contributed by atoms with Gasteiger partial charge in [0.25, 0.3) is 5.69 Å². The highest BCUT2D eigenvalue weighted by Crippen LogP contribution is 2.25. The number of anilines is 1. The molecule has 0 bridgehead atoms. The lowest BCUT2D eigenvalue weighted by Gasteiger charge is -2.00. The lowest BCUT2D eigenvalue weighted by atomic mass is 10.1. The van der Waals surface area contributed by atoms with Crippen LogP contribution in [0.5, 0.6) is 0 Å². The zero-order chi connectivity index (χ0) is 17.8. The maximum absolute atomic E-state index is 10.8. The molecule has 2 heterocycles. The molecule has 1 aromatic carbocycles. The van der Waals surface area contributed by atoms with Crippen LogP contribution in [-0.2, 0) is 0 Å². The van der Waals surface area contributed by atoms with Crippen LogP contribution in [0, 0.1) is 24.0 Å². The Kier molecular flexibility index (Phi) is 4.51. The van der Waals surface area contributed by atoms with Crippen LogP contribution in [0.4, 0.5) is 11.6 Å². The Morgan fingerprint density at radius 1 is 1.16 bits per heavy atom. The fourth-order valence-electron chi connectivity index (χ4n) is 2.28. The molecule has 0 radical (unpaired) electrons. The van der Waals surface area contributed by atoms with E-state index in [1.807, 2.05) is 19.9 Å². The van der Waals surface area contributed by atoms with Crippen molar-refractivity contribution in [2.45, 2.75) is 13.8 Å². The van der Waals surface area contributed by atoms with Gasteiger partial charge in [-0.25, -0.2) is 15.4 Å². The maximum atomic E-state index is 10.8. The van der Waals surface area contributed by atoms with Crippen LogP contribution in [-0.4, -0.2) is 21.1 Å². The van der Waals surface area contributed by atoms with E-state index in [9.17, 15) is 10.1 Å². The highest BCUT2D eigenvalue weighted by molar-refractivity contribution is 5.78. The number of aromatic nitrogens is 2. The zero-order valence-corrected chi connectivity index (χ0v) is 13.6. The van der Waals surface area contributed by atoms with Crippen LogP contribution in [0.3, 0.4) is 0 Å². The van der Waals surface area contributed by atoms with E-state index < -0.39 is 4.92 Å². The predicted octanol–water partition coefficient (Wildman–Crippen LogP) is 3.71. The van der Waals surface area contributed by atoms with Gasteiger partial charge in [0.15, 0.2) is 0 Å². The zero-order valence-electron chi connectivity index (χ0n) is 13.6. The number of furan rings is 1. The third-order valence-electron chi connectivity index (χ3n) is 3.31. The Morgan fingerprint density at radius 2 is 1.92 bits per heavy atom. The summed E-state index contributed by atoms with van der Waals surface area (Å²) < 4.78 is 5.64. The number of hydrogen-bond acceptors (Lipinski definition) is 7. The van der Waals surface area contributed by atoms with Crippen molar-refractivity contribution in [2.24, 2.45) is 5.10 Å². The molecular formula is C17H15N5O3. The molecule has 0 fully saturated rings. The molecule has 0 amide bonds. The summed E-state index contributed by atoms with van der Waals surface area (Å²) in [4.78, 5) is 18.8. The van der Waals surface area contributed by atoms with E-state index in [1.165, 1.54) is 18.3 Å². The summed E-state index contributed by atoms with van der Waals surface area (Å²) in [5.74, 6) is 1.42. The predicted molar refractivity (Wildman–Crippen MR) is 93.5 cm³/mol. The first kappa shape index (κ1) is 16.3. The van der Waals surface area contributed by atoms with E-state index in [0.717, 1.165) is 11.4 Å². The summed E-state index contributed by atoms with van der Waals surface area (Å²) in [5.41, 5.74) is 5.07. The summed E-state index contributed by atoms with van der Waals surface area (Å²) in [6.07, 6.45) is 1.49. The summed E-state index contributed by atoms with van der Waals surface area (Å²) in [6.45, 7) is 3.75. The van der Waals surface area contributed by atoms with Crippen LogP contribution >= 0.6 is 0 Å². The molecule has 0 unspecified atom stereocenters. The summed E-state index contributed by atoms with van der Waals surface area (Å²) in [6, 6.07) is 11.6. The fourth-order valence-corrected chi connectivity index (χ4v) is 2.28. The average Bonchev–Trinajstić information content (AvgIpc) is 3.03. The third-order valence-corrected chi connectivity index (χ3v) is 3.31. The molecule has 0 spiro atoms. The van der Waals surface area contributed by atoms with Gasteiger partial charge in [0.2, 0.25) is 5.95 Å². The van der Waals surface area contributed by atoms with Gasteiger partial charge in [-0.2, -0.15) is 5.10 Å².